The van der Waals surface area contributed by atoms with E-state index in [1.54, 1.807) is 6.20 Å². The number of hydrogen-bond donors (Lipinski definition) is 0. The average Bonchev–Trinajstić information content (AvgIpc) is 3.27. The van der Waals surface area contributed by atoms with Crippen LogP contribution in [0, 0.1) is 30.6 Å². The van der Waals surface area contributed by atoms with E-state index in [4.69, 9.17) is 4.74 Å². The number of hydrogen-bond acceptors (Lipinski definition) is 4. The monoisotopic (exact) mass is 449 g/mol. The topological polar surface area (TPSA) is 62.7 Å². The fourth-order valence-corrected chi connectivity index (χ4v) is 5.29. The standard InChI is InChI=1S/C27H35N3O3/c1-19(2)26(31)29-14-11-21(12-15-29)25-17-30(27(32)24-10-7-13-28-20(24)3)16-22(25)18-33-23-8-5-4-6-9-23/h4-10,13,19,21-22,25H,11-12,14-18H2,1-3H3. The summed E-state index contributed by atoms with van der Waals surface area (Å²) in [5, 5.41) is 0. The second kappa shape index (κ2) is 10.4. The van der Waals surface area contributed by atoms with Crippen molar-refractivity contribution in [2.45, 2.75) is 33.6 Å². The highest BCUT2D eigenvalue weighted by Crippen LogP contribution is 2.37. The highest BCUT2D eigenvalue weighted by Gasteiger charge is 2.41. The molecule has 2 aromatic rings. The van der Waals surface area contributed by atoms with Crippen molar-refractivity contribution < 1.29 is 14.3 Å². The molecule has 1 aromatic heterocycles. The Morgan fingerprint density at radius 1 is 1.03 bits per heavy atom. The molecule has 2 atom stereocenters. The second-order valence-corrected chi connectivity index (χ2v) is 9.71. The third-order valence-corrected chi connectivity index (χ3v) is 7.17. The lowest BCUT2D eigenvalue weighted by Crippen LogP contribution is -2.43. The minimum absolute atomic E-state index is 0.0379. The fourth-order valence-electron chi connectivity index (χ4n) is 5.29. The van der Waals surface area contributed by atoms with E-state index < -0.39 is 0 Å². The zero-order valence-electron chi connectivity index (χ0n) is 19.9. The van der Waals surface area contributed by atoms with Gasteiger partial charge in [0, 0.05) is 49.9 Å². The van der Waals surface area contributed by atoms with Crippen molar-refractivity contribution in [3.63, 3.8) is 0 Å². The van der Waals surface area contributed by atoms with Gasteiger partial charge < -0.3 is 14.5 Å². The van der Waals surface area contributed by atoms with Gasteiger partial charge in [0.1, 0.15) is 5.75 Å². The molecule has 2 saturated heterocycles. The lowest BCUT2D eigenvalue weighted by Gasteiger charge is -2.37. The normalized spacial score (nSPS) is 21.5. The maximum atomic E-state index is 13.3. The van der Waals surface area contributed by atoms with E-state index in [-0.39, 0.29) is 23.7 Å². The van der Waals surface area contributed by atoms with Gasteiger partial charge in [-0.2, -0.15) is 0 Å². The van der Waals surface area contributed by atoms with E-state index in [1.165, 1.54) is 0 Å². The molecule has 1 aromatic carbocycles. The predicted octanol–water partition coefficient (Wildman–Crippen LogP) is 4.05. The quantitative estimate of drug-likeness (QED) is 0.667. The molecule has 2 amide bonds. The Morgan fingerprint density at radius 2 is 1.76 bits per heavy atom. The lowest BCUT2D eigenvalue weighted by atomic mass is 9.78. The molecule has 2 fully saturated rings. The van der Waals surface area contributed by atoms with E-state index in [1.807, 2.05) is 73.0 Å². The summed E-state index contributed by atoms with van der Waals surface area (Å²) < 4.78 is 6.14. The van der Waals surface area contributed by atoms with Gasteiger partial charge in [-0.25, -0.2) is 0 Å². The third kappa shape index (κ3) is 5.37. The molecule has 0 N–H and O–H groups in total. The van der Waals surface area contributed by atoms with Crippen molar-refractivity contribution in [1.82, 2.24) is 14.8 Å². The van der Waals surface area contributed by atoms with Gasteiger partial charge in [0.15, 0.2) is 0 Å². The number of benzene rings is 1. The van der Waals surface area contributed by atoms with E-state index in [9.17, 15) is 9.59 Å². The van der Waals surface area contributed by atoms with Gasteiger partial charge in [0.2, 0.25) is 5.91 Å². The molecule has 0 bridgehead atoms. The van der Waals surface area contributed by atoms with Crippen LogP contribution in [-0.4, -0.2) is 59.4 Å². The number of carbonyl (C=O) groups excluding carboxylic acids is 2. The molecule has 33 heavy (non-hydrogen) atoms. The molecule has 0 spiro atoms. The van der Waals surface area contributed by atoms with Gasteiger partial charge in [-0.05, 0) is 55.9 Å². The molecule has 2 aliphatic rings. The summed E-state index contributed by atoms with van der Waals surface area (Å²) >= 11 is 0. The number of pyridine rings is 1. The van der Waals surface area contributed by atoms with E-state index >= 15 is 0 Å². The van der Waals surface area contributed by atoms with E-state index in [0.29, 0.717) is 30.6 Å². The lowest BCUT2D eigenvalue weighted by molar-refractivity contribution is -0.136. The van der Waals surface area contributed by atoms with E-state index in [0.717, 1.165) is 43.9 Å². The molecular weight excluding hydrogens is 414 g/mol. The van der Waals surface area contributed by atoms with Gasteiger partial charge in [-0.1, -0.05) is 32.0 Å². The fraction of sp³-hybridized carbons (Fsp3) is 0.519. The van der Waals surface area contributed by atoms with Gasteiger partial charge >= 0.3 is 0 Å². The average molecular weight is 450 g/mol. The molecule has 6 nitrogen and oxygen atoms in total. The number of amides is 2. The third-order valence-electron chi connectivity index (χ3n) is 7.17. The summed E-state index contributed by atoms with van der Waals surface area (Å²) in [5.41, 5.74) is 1.45. The van der Waals surface area contributed by atoms with Crippen molar-refractivity contribution in [1.29, 1.82) is 0 Å². The molecule has 2 aliphatic heterocycles. The van der Waals surface area contributed by atoms with Crippen LogP contribution in [0.3, 0.4) is 0 Å². The molecule has 2 unspecified atom stereocenters. The van der Waals surface area contributed by atoms with Gasteiger partial charge in [-0.3, -0.25) is 14.6 Å². The van der Waals surface area contributed by atoms with E-state index in [2.05, 4.69) is 4.98 Å². The first-order valence-electron chi connectivity index (χ1n) is 12.1. The predicted molar refractivity (Wildman–Crippen MR) is 128 cm³/mol. The first kappa shape index (κ1) is 23.3. The number of piperidine rings is 1. The van der Waals surface area contributed by atoms with Crippen molar-refractivity contribution in [3.8, 4) is 5.75 Å². The molecule has 176 valence electrons. The summed E-state index contributed by atoms with van der Waals surface area (Å²) in [6.45, 7) is 9.45. The minimum Gasteiger partial charge on any atom is -0.493 e. The van der Waals surface area contributed by atoms with Crippen LogP contribution < -0.4 is 4.74 Å². The Morgan fingerprint density at radius 3 is 2.42 bits per heavy atom. The Hall–Kier alpha value is -2.89. The van der Waals surface area contributed by atoms with Crippen molar-refractivity contribution in [2.75, 3.05) is 32.8 Å². The van der Waals surface area contributed by atoms with Crippen molar-refractivity contribution >= 4 is 11.8 Å². The van der Waals surface area contributed by atoms with Crippen molar-refractivity contribution in [3.05, 3.63) is 59.9 Å². The Bertz CT molecular complexity index is 954. The largest absolute Gasteiger partial charge is 0.493 e. The molecule has 0 radical (unpaired) electrons. The SMILES string of the molecule is Cc1ncccc1C(=O)N1CC(COc2ccccc2)C(C2CCN(C(=O)C(C)C)CC2)C1. The summed E-state index contributed by atoms with van der Waals surface area (Å²) in [6, 6.07) is 13.6. The maximum Gasteiger partial charge on any atom is 0.255 e. The maximum absolute atomic E-state index is 13.3. The van der Waals surface area contributed by atoms with Crippen LogP contribution in [0.1, 0.15) is 42.7 Å². The molecule has 0 aliphatic carbocycles. The Balaban J connectivity index is 1.46. The van der Waals surface area contributed by atoms with Gasteiger partial charge in [-0.15, -0.1) is 0 Å². The summed E-state index contributed by atoms with van der Waals surface area (Å²) in [6.07, 6.45) is 3.69. The van der Waals surface area contributed by atoms with Crippen LogP contribution in [0.15, 0.2) is 48.7 Å². The number of rotatable bonds is 6. The van der Waals surface area contributed by atoms with Gasteiger partial charge in [0.05, 0.1) is 12.2 Å². The zero-order chi connectivity index (χ0) is 23.4. The van der Waals surface area contributed by atoms with Crippen LogP contribution in [0.2, 0.25) is 0 Å². The second-order valence-electron chi connectivity index (χ2n) is 9.71. The number of aryl methyl sites for hydroxylation is 1. The highest BCUT2D eigenvalue weighted by atomic mass is 16.5. The first-order valence-corrected chi connectivity index (χ1v) is 12.1. The van der Waals surface area contributed by atoms with Crippen molar-refractivity contribution in [2.24, 2.45) is 23.7 Å². The van der Waals surface area contributed by atoms with Crippen LogP contribution in [-0.2, 0) is 4.79 Å². The first-order chi connectivity index (χ1) is 15.9. The minimum atomic E-state index is 0.0379. The number of likely N-dealkylation sites (tertiary alicyclic amines) is 2. The Labute approximate surface area is 196 Å². The molecule has 4 rings (SSSR count). The smallest absolute Gasteiger partial charge is 0.255 e. The van der Waals surface area contributed by atoms with Crippen LogP contribution >= 0.6 is 0 Å². The number of ether oxygens (including phenoxy) is 1. The van der Waals surface area contributed by atoms with Crippen LogP contribution in [0.5, 0.6) is 5.75 Å². The summed E-state index contributed by atoms with van der Waals surface area (Å²) in [4.78, 5) is 34.0. The number of nitrogens with zero attached hydrogens (tertiary/aromatic N) is 3. The number of aromatic nitrogens is 1. The molecule has 6 heteroatoms. The van der Waals surface area contributed by atoms with Crippen LogP contribution in [0.25, 0.3) is 0 Å². The molecular formula is C27H35N3O3. The summed E-state index contributed by atoms with van der Waals surface area (Å²) in [5.74, 6) is 2.32. The zero-order valence-corrected chi connectivity index (χ0v) is 19.9. The molecule has 3 heterocycles. The van der Waals surface area contributed by atoms with Gasteiger partial charge in [0.25, 0.3) is 5.91 Å². The summed E-state index contributed by atoms with van der Waals surface area (Å²) in [7, 11) is 0. The number of carbonyl (C=O) groups is 2. The highest BCUT2D eigenvalue weighted by molar-refractivity contribution is 5.95. The molecule has 0 saturated carbocycles. The van der Waals surface area contributed by atoms with Crippen LogP contribution in [0.4, 0.5) is 0 Å². The number of para-hydroxylation sites is 1. The Kier molecular flexibility index (Phi) is 7.31.